The fourth-order valence-corrected chi connectivity index (χ4v) is 2.87. The first kappa shape index (κ1) is 18.2. The van der Waals surface area contributed by atoms with Crippen molar-refractivity contribution >= 4 is 39.1 Å². The highest BCUT2D eigenvalue weighted by Gasteiger charge is 2.38. The Hall–Kier alpha value is -2.16. The molecule has 1 aromatic carbocycles. The van der Waals surface area contributed by atoms with E-state index in [0.717, 1.165) is 11.3 Å². The number of aromatic nitrogens is 1. The average molecular weight is 359 g/mol. The third-order valence-corrected chi connectivity index (χ3v) is 3.83. The Morgan fingerprint density at radius 1 is 1.21 bits per heavy atom. The van der Waals surface area contributed by atoms with E-state index in [-0.39, 0.29) is 11.0 Å². The van der Waals surface area contributed by atoms with Crippen LogP contribution >= 0.6 is 11.3 Å². The summed E-state index contributed by atoms with van der Waals surface area (Å²) in [5.74, 6) is -1.83. The maximum Gasteiger partial charge on any atom is 0.450 e. The van der Waals surface area contributed by atoms with Crippen LogP contribution in [0.25, 0.3) is 10.2 Å². The lowest BCUT2D eigenvalue weighted by Crippen LogP contribution is -2.43. The van der Waals surface area contributed by atoms with E-state index in [2.05, 4.69) is 15.6 Å². The fraction of sp³-hybridized carbons (Fsp3) is 0.400. The summed E-state index contributed by atoms with van der Waals surface area (Å²) in [4.78, 5) is 26.9. The standard InChI is InChI=1S/C15H16F3N3O2S/c1-14(2,3)21-13(23)19-8-4-5-9-10(6-8)24-12(20-9)7-11(22)15(16,17)18/h4-6H,7H2,1-3H3,(H2,19,21,23). The minimum Gasteiger partial charge on any atom is -0.333 e. The number of ketones is 1. The van der Waals surface area contributed by atoms with E-state index in [9.17, 15) is 22.8 Å². The van der Waals surface area contributed by atoms with Crippen molar-refractivity contribution in [3.05, 3.63) is 23.2 Å². The number of nitrogens with zero attached hydrogens (tertiary/aromatic N) is 1. The van der Waals surface area contributed by atoms with Crippen molar-refractivity contribution in [2.24, 2.45) is 0 Å². The zero-order valence-electron chi connectivity index (χ0n) is 13.2. The molecule has 1 heterocycles. The molecule has 0 aliphatic carbocycles. The molecule has 2 rings (SSSR count). The summed E-state index contributed by atoms with van der Waals surface area (Å²) >= 11 is 0.992. The minimum atomic E-state index is -4.87. The van der Waals surface area contributed by atoms with Crippen LogP contribution in [0.15, 0.2) is 18.2 Å². The van der Waals surface area contributed by atoms with Crippen LogP contribution in [-0.4, -0.2) is 28.5 Å². The number of anilines is 1. The van der Waals surface area contributed by atoms with Crippen LogP contribution in [0.3, 0.4) is 0 Å². The Bertz CT molecular complexity index is 778. The van der Waals surface area contributed by atoms with Gasteiger partial charge in [-0.2, -0.15) is 13.2 Å². The molecule has 0 radical (unpaired) electrons. The van der Waals surface area contributed by atoms with Crippen molar-refractivity contribution in [3.8, 4) is 0 Å². The number of thiazole rings is 1. The highest BCUT2D eigenvalue weighted by molar-refractivity contribution is 7.18. The molecule has 0 aliphatic rings. The lowest BCUT2D eigenvalue weighted by atomic mass is 10.1. The largest absolute Gasteiger partial charge is 0.450 e. The topological polar surface area (TPSA) is 71.1 Å². The van der Waals surface area contributed by atoms with Crippen LogP contribution in [-0.2, 0) is 11.2 Å². The van der Waals surface area contributed by atoms with Crippen LogP contribution in [0.1, 0.15) is 25.8 Å². The number of Topliss-reactive ketones (excluding diaryl/α,β-unsaturated/α-hetero) is 1. The number of hydrogen-bond acceptors (Lipinski definition) is 4. The van der Waals surface area contributed by atoms with Crippen molar-refractivity contribution in [2.45, 2.75) is 38.9 Å². The molecule has 0 bridgehead atoms. The highest BCUT2D eigenvalue weighted by Crippen LogP contribution is 2.27. The molecule has 9 heteroatoms. The van der Waals surface area contributed by atoms with Gasteiger partial charge in [0.15, 0.2) is 0 Å². The molecule has 0 unspecified atom stereocenters. The molecule has 0 saturated heterocycles. The predicted octanol–water partition coefficient (Wildman–Crippen LogP) is 3.89. The van der Waals surface area contributed by atoms with Gasteiger partial charge in [-0.1, -0.05) is 0 Å². The number of fused-ring (bicyclic) bond motifs is 1. The van der Waals surface area contributed by atoms with E-state index < -0.39 is 23.9 Å². The lowest BCUT2D eigenvalue weighted by Gasteiger charge is -2.20. The van der Waals surface area contributed by atoms with Crippen molar-refractivity contribution in [2.75, 3.05) is 5.32 Å². The second-order valence-corrected chi connectivity index (χ2v) is 7.33. The van der Waals surface area contributed by atoms with Crippen molar-refractivity contribution in [1.82, 2.24) is 10.3 Å². The van der Waals surface area contributed by atoms with Gasteiger partial charge in [-0.05, 0) is 39.0 Å². The molecule has 0 fully saturated rings. The van der Waals surface area contributed by atoms with Crippen LogP contribution < -0.4 is 10.6 Å². The van der Waals surface area contributed by atoms with Gasteiger partial charge in [-0.25, -0.2) is 9.78 Å². The number of hydrogen-bond donors (Lipinski definition) is 2. The molecular weight excluding hydrogens is 343 g/mol. The van der Waals surface area contributed by atoms with Gasteiger partial charge in [0.2, 0.25) is 5.78 Å². The summed E-state index contributed by atoms with van der Waals surface area (Å²) in [6, 6.07) is 4.40. The number of alkyl halides is 3. The quantitative estimate of drug-likeness (QED) is 0.873. The number of carbonyl (C=O) groups excluding carboxylic acids is 2. The molecule has 5 nitrogen and oxygen atoms in total. The number of nitrogens with one attached hydrogen (secondary N) is 2. The molecule has 0 spiro atoms. The van der Waals surface area contributed by atoms with E-state index in [1.165, 1.54) is 0 Å². The van der Waals surface area contributed by atoms with Crippen LogP contribution in [0, 0.1) is 0 Å². The third-order valence-electron chi connectivity index (χ3n) is 2.81. The first-order valence-corrected chi connectivity index (χ1v) is 7.84. The SMILES string of the molecule is CC(C)(C)NC(=O)Nc1ccc2nc(CC(=O)C(F)(F)F)sc2c1. The summed E-state index contributed by atoms with van der Waals surface area (Å²) in [5.41, 5.74) is 0.567. The zero-order valence-corrected chi connectivity index (χ0v) is 14.1. The Labute approximate surface area is 140 Å². The monoisotopic (exact) mass is 359 g/mol. The Morgan fingerprint density at radius 3 is 2.46 bits per heavy atom. The minimum absolute atomic E-state index is 0.0867. The normalized spacial score (nSPS) is 12.2. The van der Waals surface area contributed by atoms with E-state index in [0.29, 0.717) is 15.9 Å². The number of amides is 2. The van der Waals surface area contributed by atoms with Gasteiger partial charge in [0, 0.05) is 11.2 Å². The van der Waals surface area contributed by atoms with Gasteiger partial charge >= 0.3 is 12.2 Å². The lowest BCUT2D eigenvalue weighted by molar-refractivity contribution is -0.170. The number of rotatable bonds is 3. The first-order valence-electron chi connectivity index (χ1n) is 7.03. The van der Waals surface area contributed by atoms with Gasteiger partial charge in [-0.3, -0.25) is 4.79 Å². The van der Waals surface area contributed by atoms with E-state index in [1.807, 2.05) is 20.8 Å². The molecule has 0 saturated carbocycles. The molecule has 130 valence electrons. The first-order chi connectivity index (χ1) is 10.9. The Kier molecular flexibility index (Phi) is 4.84. The second-order valence-electron chi connectivity index (χ2n) is 6.22. The predicted molar refractivity (Wildman–Crippen MR) is 86.3 cm³/mol. The molecule has 24 heavy (non-hydrogen) atoms. The van der Waals surface area contributed by atoms with Crippen LogP contribution in [0.5, 0.6) is 0 Å². The number of halogens is 3. The summed E-state index contributed by atoms with van der Waals surface area (Å²) < 4.78 is 37.5. The third kappa shape index (κ3) is 4.92. The van der Waals surface area contributed by atoms with Gasteiger partial charge in [-0.15, -0.1) is 11.3 Å². The molecule has 1 aromatic heterocycles. The van der Waals surface area contributed by atoms with E-state index in [4.69, 9.17) is 0 Å². The van der Waals surface area contributed by atoms with Gasteiger partial charge in [0.05, 0.1) is 16.6 Å². The summed E-state index contributed by atoms with van der Waals surface area (Å²) in [7, 11) is 0. The molecule has 2 amide bonds. The summed E-state index contributed by atoms with van der Waals surface area (Å²) in [6.45, 7) is 5.51. The number of benzene rings is 1. The van der Waals surface area contributed by atoms with Gasteiger partial charge in [0.25, 0.3) is 0 Å². The number of carbonyl (C=O) groups is 2. The molecular formula is C15H16F3N3O2S. The number of urea groups is 1. The van der Waals surface area contributed by atoms with Crippen molar-refractivity contribution < 1.29 is 22.8 Å². The molecule has 0 atom stereocenters. The average Bonchev–Trinajstić information content (AvgIpc) is 2.76. The van der Waals surface area contributed by atoms with E-state index in [1.54, 1.807) is 18.2 Å². The Balaban J connectivity index is 2.14. The summed E-state index contributed by atoms with van der Waals surface area (Å²) in [5, 5.41) is 5.47. The smallest absolute Gasteiger partial charge is 0.333 e. The summed E-state index contributed by atoms with van der Waals surface area (Å²) in [6.07, 6.45) is -5.65. The highest BCUT2D eigenvalue weighted by atomic mass is 32.1. The van der Waals surface area contributed by atoms with Crippen molar-refractivity contribution in [1.29, 1.82) is 0 Å². The van der Waals surface area contributed by atoms with Crippen LogP contribution in [0.4, 0.5) is 23.7 Å². The van der Waals surface area contributed by atoms with E-state index >= 15 is 0 Å². The molecule has 2 aromatic rings. The molecule has 2 N–H and O–H groups in total. The maximum absolute atomic E-state index is 12.3. The molecule has 0 aliphatic heterocycles. The van der Waals surface area contributed by atoms with Crippen molar-refractivity contribution in [3.63, 3.8) is 0 Å². The van der Waals surface area contributed by atoms with Crippen LogP contribution in [0.2, 0.25) is 0 Å². The van der Waals surface area contributed by atoms with Gasteiger partial charge < -0.3 is 10.6 Å². The Morgan fingerprint density at radius 2 is 1.88 bits per heavy atom. The second kappa shape index (κ2) is 6.39. The zero-order chi connectivity index (χ0) is 18.1. The fourth-order valence-electron chi connectivity index (χ4n) is 1.87. The van der Waals surface area contributed by atoms with Gasteiger partial charge in [0.1, 0.15) is 5.01 Å². The maximum atomic E-state index is 12.3.